The van der Waals surface area contributed by atoms with Crippen LogP contribution in [-0.2, 0) is 0 Å². The summed E-state index contributed by atoms with van der Waals surface area (Å²) in [6.07, 6.45) is 1.36. The number of halogens is 2. The lowest BCUT2D eigenvalue weighted by atomic mass is 10.1. The number of nitrogen functional groups attached to an aromatic ring is 1. The molecule has 4 nitrogen and oxygen atoms in total. The molecule has 0 radical (unpaired) electrons. The van der Waals surface area contributed by atoms with Gasteiger partial charge in [-0.3, -0.25) is 4.79 Å². The standard InChI is InChI=1S/C13H11F2N3O/c1-7-4-9(11(15)5-10(7)14)13(19)18-12-3-2-8(16)6-17-12/h2-6H,16H2,1H3,(H,17,18,19). The van der Waals surface area contributed by atoms with Gasteiger partial charge in [-0.15, -0.1) is 0 Å². The van der Waals surface area contributed by atoms with E-state index in [0.717, 1.165) is 6.07 Å². The van der Waals surface area contributed by atoms with Crippen molar-refractivity contribution in [2.24, 2.45) is 0 Å². The maximum Gasteiger partial charge on any atom is 0.259 e. The average Bonchev–Trinajstić information content (AvgIpc) is 2.36. The zero-order chi connectivity index (χ0) is 14.0. The van der Waals surface area contributed by atoms with Crippen LogP contribution < -0.4 is 11.1 Å². The largest absolute Gasteiger partial charge is 0.397 e. The molecule has 3 N–H and O–H groups in total. The van der Waals surface area contributed by atoms with Gasteiger partial charge in [0.25, 0.3) is 5.91 Å². The minimum Gasteiger partial charge on any atom is -0.397 e. The monoisotopic (exact) mass is 263 g/mol. The molecular weight excluding hydrogens is 252 g/mol. The Bertz CT molecular complexity index is 627. The van der Waals surface area contributed by atoms with E-state index in [-0.39, 0.29) is 16.9 Å². The molecule has 0 saturated carbocycles. The first-order valence-electron chi connectivity index (χ1n) is 5.46. The van der Waals surface area contributed by atoms with Crippen LogP contribution in [0.5, 0.6) is 0 Å². The molecular formula is C13H11F2N3O. The van der Waals surface area contributed by atoms with Gasteiger partial charge in [0, 0.05) is 6.07 Å². The van der Waals surface area contributed by atoms with Gasteiger partial charge in [-0.1, -0.05) is 0 Å². The quantitative estimate of drug-likeness (QED) is 0.874. The molecule has 0 atom stereocenters. The molecule has 1 aromatic heterocycles. The molecule has 0 aliphatic carbocycles. The predicted octanol–water partition coefficient (Wildman–Crippen LogP) is 2.50. The van der Waals surface area contributed by atoms with Gasteiger partial charge < -0.3 is 11.1 Å². The summed E-state index contributed by atoms with van der Waals surface area (Å²) >= 11 is 0. The molecule has 2 rings (SSSR count). The smallest absolute Gasteiger partial charge is 0.259 e. The van der Waals surface area contributed by atoms with E-state index in [1.54, 1.807) is 6.07 Å². The number of nitrogens with one attached hydrogen (secondary N) is 1. The van der Waals surface area contributed by atoms with E-state index in [0.29, 0.717) is 11.8 Å². The lowest BCUT2D eigenvalue weighted by Crippen LogP contribution is -2.15. The number of hydrogen-bond acceptors (Lipinski definition) is 3. The fourth-order valence-electron chi connectivity index (χ4n) is 1.49. The fraction of sp³-hybridized carbons (Fsp3) is 0.0769. The Hall–Kier alpha value is -2.50. The molecule has 0 unspecified atom stereocenters. The van der Waals surface area contributed by atoms with Crippen molar-refractivity contribution in [2.75, 3.05) is 11.1 Å². The second-order valence-electron chi connectivity index (χ2n) is 4.01. The summed E-state index contributed by atoms with van der Waals surface area (Å²) in [5.74, 6) is -2.07. The van der Waals surface area contributed by atoms with Crippen molar-refractivity contribution in [2.45, 2.75) is 6.92 Å². The van der Waals surface area contributed by atoms with Crippen LogP contribution >= 0.6 is 0 Å². The normalized spacial score (nSPS) is 10.3. The summed E-state index contributed by atoms with van der Waals surface area (Å²) in [6, 6.07) is 4.87. The summed E-state index contributed by atoms with van der Waals surface area (Å²) < 4.78 is 26.6. The van der Waals surface area contributed by atoms with Crippen LogP contribution in [0.3, 0.4) is 0 Å². The summed E-state index contributed by atoms with van der Waals surface area (Å²) in [4.78, 5) is 15.7. The van der Waals surface area contributed by atoms with Gasteiger partial charge in [-0.25, -0.2) is 13.8 Å². The van der Waals surface area contributed by atoms with Crippen molar-refractivity contribution in [3.63, 3.8) is 0 Å². The van der Waals surface area contributed by atoms with Crippen LogP contribution in [0.4, 0.5) is 20.3 Å². The first kappa shape index (κ1) is 12.9. The van der Waals surface area contributed by atoms with Crippen molar-refractivity contribution in [3.8, 4) is 0 Å². The SMILES string of the molecule is Cc1cc(C(=O)Nc2ccc(N)cn2)c(F)cc1F. The molecule has 0 bridgehead atoms. The molecule has 6 heteroatoms. The molecule has 2 aromatic rings. The molecule has 1 heterocycles. The fourth-order valence-corrected chi connectivity index (χ4v) is 1.49. The molecule has 98 valence electrons. The van der Waals surface area contributed by atoms with E-state index in [9.17, 15) is 13.6 Å². The van der Waals surface area contributed by atoms with E-state index in [1.807, 2.05) is 0 Å². The van der Waals surface area contributed by atoms with Gasteiger partial charge in [-0.2, -0.15) is 0 Å². The number of hydrogen-bond donors (Lipinski definition) is 2. The molecule has 1 aromatic carbocycles. The van der Waals surface area contributed by atoms with Crippen LogP contribution in [0.2, 0.25) is 0 Å². The number of carbonyl (C=O) groups is 1. The average molecular weight is 263 g/mol. The maximum atomic E-state index is 13.5. The highest BCUT2D eigenvalue weighted by molar-refractivity contribution is 6.04. The number of aromatic nitrogens is 1. The van der Waals surface area contributed by atoms with Crippen LogP contribution in [0.25, 0.3) is 0 Å². The van der Waals surface area contributed by atoms with Gasteiger partial charge in [0.05, 0.1) is 17.4 Å². The first-order valence-corrected chi connectivity index (χ1v) is 5.46. The third-order valence-corrected chi connectivity index (χ3v) is 2.52. The third-order valence-electron chi connectivity index (χ3n) is 2.52. The Morgan fingerprint density at radius 3 is 2.63 bits per heavy atom. The highest BCUT2D eigenvalue weighted by atomic mass is 19.1. The second kappa shape index (κ2) is 5.01. The van der Waals surface area contributed by atoms with Gasteiger partial charge >= 0.3 is 0 Å². The highest BCUT2D eigenvalue weighted by Gasteiger charge is 2.15. The van der Waals surface area contributed by atoms with Crippen molar-refractivity contribution in [3.05, 3.63) is 53.2 Å². The number of rotatable bonds is 2. The lowest BCUT2D eigenvalue weighted by Gasteiger charge is -2.07. The minimum atomic E-state index is -0.920. The number of pyridine rings is 1. The number of amides is 1. The van der Waals surface area contributed by atoms with Crippen LogP contribution in [0, 0.1) is 18.6 Å². The van der Waals surface area contributed by atoms with E-state index in [2.05, 4.69) is 10.3 Å². The number of anilines is 2. The lowest BCUT2D eigenvalue weighted by molar-refractivity contribution is 0.102. The molecule has 0 saturated heterocycles. The number of benzene rings is 1. The van der Waals surface area contributed by atoms with E-state index >= 15 is 0 Å². The van der Waals surface area contributed by atoms with Gasteiger partial charge in [0.2, 0.25) is 0 Å². The Balaban J connectivity index is 2.25. The van der Waals surface area contributed by atoms with Crippen molar-refractivity contribution in [1.82, 2.24) is 4.98 Å². The Kier molecular flexibility index (Phi) is 3.41. The second-order valence-corrected chi connectivity index (χ2v) is 4.01. The van der Waals surface area contributed by atoms with Crippen molar-refractivity contribution in [1.29, 1.82) is 0 Å². The molecule has 0 aliphatic rings. The van der Waals surface area contributed by atoms with E-state index in [4.69, 9.17) is 5.73 Å². The first-order chi connectivity index (χ1) is 8.97. The number of aryl methyl sites for hydroxylation is 1. The highest BCUT2D eigenvalue weighted by Crippen LogP contribution is 2.16. The van der Waals surface area contributed by atoms with Crippen molar-refractivity contribution >= 4 is 17.4 Å². The zero-order valence-electron chi connectivity index (χ0n) is 10.1. The summed E-state index contributed by atoms with van der Waals surface area (Å²) in [5.41, 5.74) is 5.85. The van der Waals surface area contributed by atoms with Gasteiger partial charge in [0.1, 0.15) is 17.5 Å². The number of nitrogens with two attached hydrogens (primary N) is 1. The summed E-state index contributed by atoms with van der Waals surface area (Å²) in [6.45, 7) is 1.45. The predicted molar refractivity (Wildman–Crippen MR) is 67.7 cm³/mol. The minimum absolute atomic E-state index is 0.191. The third kappa shape index (κ3) is 2.85. The van der Waals surface area contributed by atoms with E-state index < -0.39 is 17.5 Å². The summed E-state index contributed by atoms with van der Waals surface area (Å²) in [5, 5.41) is 2.40. The molecule has 0 spiro atoms. The zero-order valence-corrected chi connectivity index (χ0v) is 10.1. The number of nitrogens with zero attached hydrogens (tertiary/aromatic N) is 1. The van der Waals surface area contributed by atoms with Gasteiger partial charge in [0.15, 0.2) is 0 Å². The molecule has 19 heavy (non-hydrogen) atoms. The summed E-state index contributed by atoms with van der Waals surface area (Å²) in [7, 11) is 0. The maximum absolute atomic E-state index is 13.5. The topological polar surface area (TPSA) is 68.0 Å². The molecule has 0 aliphatic heterocycles. The Morgan fingerprint density at radius 2 is 2.00 bits per heavy atom. The van der Waals surface area contributed by atoms with Crippen LogP contribution in [0.15, 0.2) is 30.5 Å². The molecule has 1 amide bonds. The molecule has 0 fully saturated rings. The Morgan fingerprint density at radius 1 is 1.26 bits per heavy atom. The van der Waals surface area contributed by atoms with Crippen LogP contribution in [0.1, 0.15) is 15.9 Å². The van der Waals surface area contributed by atoms with E-state index in [1.165, 1.54) is 19.2 Å². The van der Waals surface area contributed by atoms with Crippen LogP contribution in [-0.4, -0.2) is 10.9 Å². The Labute approximate surface area is 108 Å². The number of carbonyl (C=O) groups excluding carboxylic acids is 1. The van der Waals surface area contributed by atoms with Crippen molar-refractivity contribution < 1.29 is 13.6 Å². The van der Waals surface area contributed by atoms with Gasteiger partial charge in [-0.05, 0) is 30.7 Å².